The number of hydrogen-bond donors (Lipinski definition) is 1. The number of fused-ring (bicyclic) bond motifs is 1. The van der Waals surface area contributed by atoms with E-state index in [1.54, 1.807) is 30.3 Å². The average molecular weight is 443 g/mol. The molecule has 5 aromatic rings. The Bertz CT molecular complexity index is 1450. The van der Waals surface area contributed by atoms with Gasteiger partial charge in [-0.15, -0.1) is 0 Å². The van der Waals surface area contributed by atoms with Gasteiger partial charge in [-0.3, -0.25) is 4.68 Å². The highest BCUT2D eigenvalue weighted by atomic mass is 19.1. The van der Waals surface area contributed by atoms with Crippen LogP contribution in [0.2, 0.25) is 0 Å². The summed E-state index contributed by atoms with van der Waals surface area (Å²) in [5.74, 6) is -1.73. The molecule has 5 nitrogen and oxygen atoms in total. The largest absolute Gasteiger partial charge is 0.477 e. The molecule has 0 aliphatic heterocycles. The lowest BCUT2D eigenvalue weighted by Gasteiger charge is -2.05. The third kappa shape index (κ3) is 4.13. The minimum Gasteiger partial charge on any atom is -0.477 e. The Hall–Kier alpha value is -4.26. The van der Waals surface area contributed by atoms with Crippen molar-refractivity contribution in [2.45, 2.75) is 13.1 Å². The number of para-hydroxylation sites is 1. The van der Waals surface area contributed by atoms with Crippen molar-refractivity contribution in [3.05, 3.63) is 114 Å². The smallest absolute Gasteiger partial charge is 0.354 e. The number of hydrogen-bond acceptors (Lipinski definition) is 2. The van der Waals surface area contributed by atoms with Crippen LogP contribution in [0.25, 0.3) is 22.2 Å². The van der Waals surface area contributed by atoms with E-state index in [2.05, 4.69) is 5.10 Å². The van der Waals surface area contributed by atoms with Gasteiger partial charge in [-0.1, -0.05) is 42.5 Å². The molecule has 0 amide bonds. The number of carboxylic acids is 1. The second-order valence-electron chi connectivity index (χ2n) is 7.82. The summed E-state index contributed by atoms with van der Waals surface area (Å²) in [5.41, 5.74) is 4.02. The third-order valence-corrected chi connectivity index (χ3v) is 5.58. The summed E-state index contributed by atoms with van der Waals surface area (Å²) in [5, 5.41) is 15.2. The number of aromatic nitrogens is 3. The number of nitrogens with zero attached hydrogens (tertiary/aromatic N) is 3. The van der Waals surface area contributed by atoms with Crippen LogP contribution in [-0.4, -0.2) is 25.4 Å². The molecule has 5 rings (SSSR count). The van der Waals surface area contributed by atoms with E-state index in [1.165, 1.54) is 28.9 Å². The van der Waals surface area contributed by atoms with Crippen LogP contribution in [0.15, 0.2) is 85.1 Å². The lowest BCUT2D eigenvalue weighted by atomic mass is 10.1. The molecule has 2 aromatic heterocycles. The molecule has 2 heterocycles. The molecular weight excluding hydrogens is 424 g/mol. The Kier molecular flexibility index (Phi) is 5.22. The van der Waals surface area contributed by atoms with Crippen molar-refractivity contribution in [2.75, 3.05) is 0 Å². The first-order valence-corrected chi connectivity index (χ1v) is 10.4. The molecule has 0 fully saturated rings. The summed E-state index contributed by atoms with van der Waals surface area (Å²) in [7, 11) is 0. The molecule has 0 bridgehead atoms. The van der Waals surface area contributed by atoms with Gasteiger partial charge in [-0.25, -0.2) is 13.6 Å². The Labute approximate surface area is 188 Å². The van der Waals surface area contributed by atoms with E-state index < -0.39 is 5.97 Å². The topological polar surface area (TPSA) is 60.0 Å². The van der Waals surface area contributed by atoms with Gasteiger partial charge in [0.05, 0.1) is 12.2 Å². The highest BCUT2D eigenvalue weighted by molar-refractivity contribution is 5.96. The SMILES string of the molecule is O=C(O)c1cc(-c2cn(Cc3ccc(F)cc3)c3ccccc23)nn1Cc1ccc(F)cc1. The predicted molar refractivity (Wildman–Crippen MR) is 121 cm³/mol. The lowest BCUT2D eigenvalue weighted by molar-refractivity contribution is 0.0684. The molecule has 0 unspecified atom stereocenters. The van der Waals surface area contributed by atoms with Gasteiger partial charge in [0, 0.05) is 29.2 Å². The monoisotopic (exact) mass is 443 g/mol. The van der Waals surface area contributed by atoms with E-state index in [0.29, 0.717) is 12.2 Å². The molecular formula is C26H19F2N3O2. The first-order valence-electron chi connectivity index (χ1n) is 10.4. The van der Waals surface area contributed by atoms with Crippen LogP contribution < -0.4 is 0 Å². The standard InChI is InChI=1S/C26H19F2N3O2/c27-19-9-5-17(6-10-19)14-30-16-22(21-3-1-2-4-24(21)30)23-13-25(26(32)33)31(29-23)15-18-7-11-20(28)12-8-18/h1-13,16H,14-15H2,(H,32,33). The normalized spacial score (nSPS) is 11.2. The van der Waals surface area contributed by atoms with Crippen molar-refractivity contribution >= 4 is 16.9 Å². The molecule has 0 saturated heterocycles. The van der Waals surface area contributed by atoms with Gasteiger partial charge in [0.25, 0.3) is 0 Å². The highest BCUT2D eigenvalue weighted by Crippen LogP contribution is 2.31. The number of carbonyl (C=O) groups is 1. The van der Waals surface area contributed by atoms with Gasteiger partial charge in [-0.05, 0) is 47.5 Å². The minimum absolute atomic E-state index is 0.0460. The van der Waals surface area contributed by atoms with E-state index in [1.807, 2.05) is 35.0 Å². The van der Waals surface area contributed by atoms with Crippen molar-refractivity contribution in [1.82, 2.24) is 14.3 Å². The van der Waals surface area contributed by atoms with Crippen molar-refractivity contribution in [3.8, 4) is 11.3 Å². The Morgan fingerprint density at radius 2 is 1.45 bits per heavy atom. The lowest BCUT2D eigenvalue weighted by Crippen LogP contribution is -2.10. The van der Waals surface area contributed by atoms with E-state index >= 15 is 0 Å². The summed E-state index contributed by atoms with van der Waals surface area (Å²) >= 11 is 0. The average Bonchev–Trinajstić information content (AvgIpc) is 3.39. The van der Waals surface area contributed by atoms with Crippen LogP contribution in [0, 0.1) is 11.6 Å². The Morgan fingerprint density at radius 3 is 2.09 bits per heavy atom. The van der Waals surface area contributed by atoms with Gasteiger partial charge in [0.15, 0.2) is 0 Å². The van der Waals surface area contributed by atoms with Gasteiger partial charge < -0.3 is 9.67 Å². The number of benzene rings is 3. The highest BCUT2D eigenvalue weighted by Gasteiger charge is 2.19. The molecule has 3 aromatic carbocycles. The summed E-state index contributed by atoms with van der Waals surface area (Å²) in [6.45, 7) is 0.735. The van der Waals surface area contributed by atoms with Gasteiger partial charge in [0.2, 0.25) is 0 Å². The fourth-order valence-electron chi connectivity index (χ4n) is 3.97. The van der Waals surface area contributed by atoms with Crippen LogP contribution in [0.3, 0.4) is 0 Å². The molecule has 0 saturated carbocycles. The summed E-state index contributed by atoms with van der Waals surface area (Å²) in [4.78, 5) is 11.9. The van der Waals surface area contributed by atoms with E-state index in [4.69, 9.17) is 0 Å². The summed E-state index contributed by atoms with van der Waals surface area (Å²) < 4.78 is 30.0. The van der Waals surface area contributed by atoms with Crippen LogP contribution >= 0.6 is 0 Å². The third-order valence-electron chi connectivity index (χ3n) is 5.58. The number of aromatic carboxylic acids is 1. The fourth-order valence-corrected chi connectivity index (χ4v) is 3.97. The molecule has 164 valence electrons. The first kappa shape index (κ1) is 20.6. The molecule has 1 N–H and O–H groups in total. The van der Waals surface area contributed by atoms with Crippen LogP contribution in [-0.2, 0) is 13.1 Å². The molecule has 0 aliphatic rings. The van der Waals surface area contributed by atoms with Crippen molar-refractivity contribution in [3.63, 3.8) is 0 Å². The maximum absolute atomic E-state index is 13.3. The van der Waals surface area contributed by atoms with Gasteiger partial charge >= 0.3 is 5.97 Å². The number of halogens is 2. The number of rotatable bonds is 6. The van der Waals surface area contributed by atoms with Crippen molar-refractivity contribution in [1.29, 1.82) is 0 Å². The van der Waals surface area contributed by atoms with Crippen LogP contribution in [0.5, 0.6) is 0 Å². The van der Waals surface area contributed by atoms with Gasteiger partial charge in [0.1, 0.15) is 17.3 Å². The predicted octanol–water partition coefficient (Wildman–Crippen LogP) is 5.58. The number of carboxylic acid groups (broad SMARTS) is 1. The van der Waals surface area contributed by atoms with Crippen LogP contribution in [0.4, 0.5) is 8.78 Å². The van der Waals surface area contributed by atoms with Gasteiger partial charge in [-0.2, -0.15) is 5.10 Å². The second kappa shape index (κ2) is 8.35. The van der Waals surface area contributed by atoms with E-state index in [-0.39, 0.29) is 23.9 Å². The quantitative estimate of drug-likeness (QED) is 0.373. The fraction of sp³-hybridized carbons (Fsp3) is 0.0769. The summed E-state index contributed by atoms with van der Waals surface area (Å²) in [6, 6.07) is 21.6. The zero-order valence-corrected chi connectivity index (χ0v) is 17.5. The molecule has 7 heteroatoms. The maximum atomic E-state index is 13.3. The van der Waals surface area contributed by atoms with E-state index in [0.717, 1.165) is 27.6 Å². The maximum Gasteiger partial charge on any atom is 0.354 e. The summed E-state index contributed by atoms with van der Waals surface area (Å²) in [6.07, 6.45) is 1.93. The molecule has 0 atom stereocenters. The van der Waals surface area contributed by atoms with Crippen LogP contribution in [0.1, 0.15) is 21.6 Å². The zero-order valence-electron chi connectivity index (χ0n) is 17.5. The molecule has 0 spiro atoms. The van der Waals surface area contributed by atoms with Crippen molar-refractivity contribution in [2.24, 2.45) is 0 Å². The molecule has 0 aliphatic carbocycles. The minimum atomic E-state index is -1.09. The molecule has 33 heavy (non-hydrogen) atoms. The van der Waals surface area contributed by atoms with E-state index in [9.17, 15) is 18.7 Å². The van der Waals surface area contributed by atoms with Crippen molar-refractivity contribution < 1.29 is 18.7 Å². The second-order valence-corrected chi connectivity index (χ2v) is 7.82. The first-order chi connectivity index (χ1) is 16.0. The Morgan fingerprint density at radius 1 is 0.848 bits per heavy atom. The zero-order chi connectivity index (χ0) is 22.9. The Balaban J connectivity index is 1.56. The molecule has 0 radical (unpaired) electrons.